The molecule has 1 rings (SSSR count). The normalized spacial score (nSPS) is 19.6. The highest BCUT2D eigenvalue weighted by molar-refractivity contribution is 5.96. The molecule has 0 aliphatic heterocycles. The third kappa shape index (κ3) is 3.17. The molecule has 1 aliphatic rings. The van der Waals surface area contributed by atoms with Gasteiger partial charge in [0.15, 0.2) is 5.92 Å². The van der Waals surface area contributed by atoms with Crippen LogP contribution in [0.4, 0.5) is 0 Å². The van der Waals surface area contributed by atoms with Gasteiger partial charge >= 0.3 is 11.9 Å². The van der Waals surface area contributed by atoms with Crippen LogP contribution < -0.4 is 0 Å². The molecule has 1 aliphatic carbocycles. The second-order valence-electron chi connectivity index (χ2n) is 5.38. The van der Waals surface area contributed by atoms with E-state index in [2.05, 4.69) is 6.58 Å². The average molecular weight is 268 g/mol. The predicted molar refractivity (Wildman–Crippen MR) is 72.4 cm³/mol. The van der Waals surface area contributed by atoms with Crippen LogP contribution in [-0.4, -0.2) is 26.2 Å². The van der Waals surface area contributed by atoms with Gasteiger partial charge in [-0.3, -0.25) is 9.59 Å². The lowest BCUT2D eigenvalue weighted by Gasteiger charge is -2.40. The van der Waals surface area contributed by atoms with E-state index in [-0.39, 0.29) is 5.92 Å². The molecule has 1 atom stereocenters. The van der Waals surface area contributed by atoms with Crippen LogP contribution in [0.5, 0.6) is 0 Å². The van der Waals surface area contributed by atoms with E-state index >= 15 is 0 Å². The van der Waals surface area contributed by atoms with Crippen molar-refractivity contribution in [1.82, 2.24) is 0 Å². The van der Waals surface area contributed by atoms with Gasteiger partial charge in [0.05, 0.1) is 14.2 Å². The molecule has 0 radical (unpaired) electrons. The maximum absolute atomic E-state index is 12.0. The number of hydrogen-bond donors (Lipinski definition) is 0. The lowest BCUT2D eigenvalue weighted by atomic mass is 9.63. The Morgan fingerprint density at radius 2 is 1.63 bits per heavy atom. The number of ether oxygens (including phenoxy) is 2. The molecule has 0 bridgehead atoms. The molecule has 4 heteroatoms. The molecule has 108 valence electrons. The summed E-state index contributed by atoms with van der Waals surface area (Å²) >= 11 is 0. The quantitative estimate of drug-likeness (QED) is 0.437. The predicted octanol–water partition coefficient (Wildman–Crippen LogP) is 2.72. The summed E-state index contributed by atoms with van der Waals surface area (Å²) in [7, 11) is 2.59. The fourth-order valence-corrected chi connectivity index (χ4v) is 3.08. The molecule has 1 unspecified atom stereocenters. The summed E-state index contributed by atoms with van der Waals surface area (Å²) < 4.78 is 9.57. The van der Waals surface area contributed by atoms with E-state index in [0.717, 1.165) is 25.7 Å². The molecule has 4 nitrogen and oxygen atoms in total. The highest BCUT2D eigenvalue weighted by atomic mass is 16.5. The zero-order valence-corrected chi connectivity index (χ0v) is 12.1. The van der Waals surface area contributed by atoms with Crippen molar-refractivity contribution in [3.8, 4) is 0 Å². The largest absolute Gasteiger partial charge is 0.468 e. The van der Waals surface area contributed by atoms with E-state index in [1.807, 2.05) is 6.92 Å². The van der Waals surface area contributed by atoms with Crippen molar-refractivity contribution >= 4 is 11.9 Å². The van der Waals surface area contributed by atoms with Crippen LogP contribution in [0.2, 0.25) is 0 Å². The Morgan fingerprint density at radius 1 is 1.16 bits per heavy atom. The number of methoxy groups -OCH3 is 2. The van der Waals surface area contributed by atoms with E-state index in [1.165, 1.54) is 20.6 Å². The molecule has 0 aromatic heterocycles. The van der Waals surface area contributed by atoms with Crippen molar-refractivity contribution in [1.29, 1.82) is 0 Å². The molecule has 19 heavy (non-hydrogen) atoms. The molecule has 0 spiro atoms. The van der Waals surface area contributed by atoms with Crippen molar-refractivity contribution in [2.45, 2.75) is 39.0 Å². The van der Waals surface area contributed by atoms with E-state index in [1.54, 1.807) is 6.08 Å². The van der Waals surface area contributed by atoms with E-state index in [0.29, 0.717) is 0 Å². The summed E-state index contributed by atoms with van der Waals surface area (Å²) in [5.41, 5.74) is -0.611. The number of hydrogen-bond acceptors (Lipinski definition) is 4. The van der Waals surface area contributed by atoms with Gasteiger partial charge in [-0.2, -0.15) is 0 Å². The van der Waals surface area contributed by atoms with Crippen molar-refractivity contribution in [2.75, 3.05) is 14.2 Å². The fraction of sp³-hybridized carbons (Fsp3) is 0.733. The first-order valence-electron chi connectivity index (χ1n) is 6.80. The molecule has 0 N–H and O–H groups in total. The smallest absolute Gasteiger partial charge is 0.320 e. The Hall–Kier alpha value is -1.32. The Labute approximate surface area is 115 Å². The SMILES string of the molecule is C=CC(C)(C1CCCCC1)C(C(=O)OC)C(=O)OC. The maximum Gasteiger partial charge on any atom is 0.320 e. The molecule has 0 aromatic carbocycles. The number of carbonyl (C=O) groups is 2. The number of esters is 2. The maximum atomic E-state index is 12.0. The summed E-state index contributed by atoms with van der Waals surface area (Å²) in [5, 5.41) is 0. The van der Waals surface area contributed by atoms with E-state index in [4.69, 9.17) is 9.47 Å². The number of carbonyl (C=O) groups excluding carboxylic acids is 2. The minimum atomic E-state index is -0.928. The monoisotopic (exact) mass is 268 g/mol. The lowest BCUT2D eigenvalue weighted by molar-refractivity contribution is -0.165. The number of rotatable bonds is 5. The third-order valence-corrected chi connectivity index (χ3v) is 4.42. The first kappa shape index (κ1) is 15.7. The van der Waals surface area contributed by atoms with Crippen molar-refractivity contribution in [3.05, 3.63) is 12.7 Å². The first-order valence-corrected chi connectivity index (χ1v) is 6.80. The third-order valence-electron chi connectivity index (χ3n) is 4.42. The molecule has 0 heterocycles. The van der Waals surface area contributed by atoms with Gasteiger partial charge in [-0.25, -0.2) is 0 Å². The minimum absolute atomic E-state index is 0.266. The standard InChI is InChI=1S/C15H24O4/c1-5-15(2,11-9-7-6-8-10-11)12(13(16)18-3)14(17)19-4/h5,11-12H,1,6-10H2,2-4H3. The molecule has 0 amide bonds. The topological polar surface area (TPSA) is 52.6 Å². The van der Waals surface area contributed by atoms with E-state index < -0.39 is 23.3 Å². The molecule has 1 saturated carbocycles. The highest BCUT2D eigenvalue weighted by Gasteiger charge is 2.48. The molecular weight excluding hydrogens is 244 g/mol. The van der Waals surface area contributed by atoms with Crippen LogP contribution in [0.3, 0.4) is 0 Å². The summed E-state index contributed by atoms with van der Waals surface area (Å²) in [6.45, 7) is 5.76. The highest BCUT2D eigenvalue weighted by Crippen LogP contribution is 2.45. The van der Waals surface area contributed by atoms with Crippen molar-refractivity contribution in [3.63, 3.8) is 0 Å². The second kappa shape index (κ2) is 6.73. The fourth-order valence-electron chi connectivity index (χ4n) is 3.08. The van der Waals surface area contributed by atoms with Crippen LogP contribution in [0.1, 0.15) is 39.0 Å². The van der Waals surface area contributed by atoms with Crippen molar-refractivity contribution < 1.29 is 19.1 Å². The van der Waals surface area contributed by atoms with Crippen LogP contribution in [-0.2, 0) is 19.1 Å². The summed E-state index contributed by atoms with van der Waals surface area (Å²) in [6, 6.07) is 0. The average Bonchev–Trinajstić information content (AvgIpc) is 2.47. The summed E-state index contributed by atoms with van der Waals surface area (Å²) in [5.74, 6) is -1.75. The molecular formula is C15H24O4. The van der Waals surface area contributed by atoms with Crippen LogP contribution in [0.15, 0.2) is 12.7 Å². The first-order chi connectivity index (χ1) is 9.01. The van der Waals surface area contributed by atoms with Crippen LogP contribution >= 0.6 is 0 Å². The van der Waals surface area contributed by atoms with Gasteiger partial charge in [0, 0.05) is 5.41 Å². The van der Waals surface area contributed by atoms with Gasteiger partial charge in [-0.05, 0) is 18.8 Å². The minimum Gasteiger partial charge on any atom is -0.468 e. The lowest BCUT2D eigenvalue weighted by Crippen LogP contribution is -2.44. The van der Waals surface area contributed by atoms with Crippen LogP contribution in [0, 0.1) is 17.3 Å². The summed E-state index contributed by atoms with van der Waals surface area (Å²) in [6.07, 6.45) is 7.21. The van der Waals surface area contributed by atoms with Gasteiger partial charge in [0.25, 0.3) is 0 Å². The van der Waals surface area contributed by atoms with Crippen molar-refractivity contribution in [2.24, 2.45) is 17.3 Å². The zero-order valence-electron chi connectivity index (χ0n) is 12.1. The summed E-state index contributed by atoms with van der Waals surface area (Å²) in [4.78, 5) is 24.0. The van der Waals surface area contributed by atoms with Crippen LogP contribution in [0.25, 0.3) is 0 Å². The number of allylic oxidation sites excluding steroid dienone is 1. The Kier molecular flexibility index (Phi) is 5.58. The zero-order chi connectivity index (χ0) is 14.5. The Balaban J connectivity index is 3.08. The van der Waals surface area contributed by atoms with Gasteiger partial charge < -0.3 is 9.47 Å². The molecule has 1 fully saturated rings. The van der Waals surface area contributed by atoms with Gasteiger partial charge in [0.1, 0.15) is 0 Å². The molecule has 0 aromatic rings. The Bertz CT molecular complexity index is 328. The van der Waals surface area contributed by atoms with Gasteiger partial charge in [-0.1, -0.05) is 32.3 Å². The van der Waals surface area contributed by atoms with Gasteiger partial charge in [-0.15, -0.1) is 6.58 Å². The Morgan fingerprint density at radius 3 is 2.00 bits per heavy atom. The van der Waals surface area contributed by atoms with Gasteiger partial charge in [0.2, 0.25) is 0 Å². The molecule has 0 saturated heterocycles. The second-order valence-corrected chi connectivity index (χ2v) is 5.38. The van der Waals surface area contributed by atoms with E-state index in [9.17, 15) is 9.59 Å².